The van der Waals surface area contributed by atoms with E-state index >= 15 is 0 Å². The zero-order valence-corrected chi connectivity index (χ0v) is 18.0. The van der Waals surface area contributed by atoms with Gasteiger partial charge in [0.1, 0.15) is 5.75 Å². The minimum atomic E-state index is 0.00850. The van der Waals surface area contributed by atoms with Crippen molar-refractivity contribution in [3.63, 3.8) is 0 Å². The molecule has 4 rings (SSSR count). The highest BCUT2D eigenvalue weighted by molar-refractivity contribution is 6.30. The van der Waals surface area contributed by atoms with Gasteiger partial charge in [0.25, 0.3) is 0 Å². The Morgan fingerprint density at radius 3 is 2.48 bits per heavy atom. The molecule has 1 amide bonds. The molecule has 0 bridgehead atoms. The lowest BCUT2D eigenvalue weighted by Gasteiger charge is -2.33. The van der Waals surface area contributed by atoms with E-state index < -0.39 is 0 Å². The second-order valence-corrected chi connectivity index (χ2v) is 7.66. The van der Waals surface area contributed by atoms with Gasteiger partial charge < -0.3 is 14.2 Å². The zero-order chi connectivity index (χ0) is 21.6. The number of nitrogens with zero attached hydrogens (tertiary/aromatic N) is 4. The molecular weight excluding hydrogens is 416 g/mol. The molecule has 1 aliphatic rings. The van der Waals surface area contributed by atoms with Crippen molar-refractivity contribution in [1.29, 1.82) is 0 Å². The average Bonchev–Trinajstić information content (AvgIpc) is 3.27. The van der Waals surface area contributed by atoms with Crippen molar-refractivity contribution < 1.29 is 14.1 Å². The first-order valence-corrected chi connectivity index (χ1v) is 10.4. The number of hydrogen-bond acceptors (Lipinski definition) is 6. The minimum absolute atomic E-state index is 0.00850. The van der Waals surface area contributed by atoms with E-state index in [1.54, 1.807) is 13.2 Å². The monoisotopic (exact) mass is 438 g/mol. The Kier molecular flexibility index (Phi) is 6.64. The molecule has 0 aliphatic carbocycles. The third kappa shape index (κ3) is 5.51. The lowest BCUT2D eigenvalue weighted by Crippen LogP contribution is -2.47. The number of rotatable bonds is 6. The summed E-state index contributed by atoms with van der Waals surface area (Å²) in [5, 5.41) is 4.75. The molecule has 1 fully saturated rings. The molecule has 7 nitrogen and oxygen atoms in total. The Morgan fingerprint density at radius 1 is 1.10 bits per heavy atom. The summed E-state index contributed by atoms with van der Waals surface area (Å²) >= 11 is 5.89. The van der Waals surface area contributed by atoms with Crippen LogP contribution in [0.5, 0.6) is 5.75 Å². The van der Waals surface area contributed by atoms with Gasteiger partial charge in [-0.05, 0) is 48.0 Å². The number of methoxy groups -OCH3 is 1. The fourth-order valence-electron chi connectivity index (χ4n) is 3.34. The third-order valence-electron chi connectivity index (χ3n) is 5.15. The predicted molar refractivity (Wildman–Crippen MR) is 119 cm³/mol. The summed E-state index contributed by atoms with van der Waals surface area (Å²) in [6.07, 6.45) is 3.42. The van der Waals surface area contributed by atoms with Gasteiger partial charge in [0.05, 0.1) is 13.7 Å². The number of halogens is 1. The topological polar surface area (TPSA) is 71.7 Å². The van der Waals surface area contributed by atoms with E-state index in [1.807, 2.05) is 59.5 Å². The lowest BCUT2D eigenvalue weighted by molar-refractivity contribution is -0.127. The van der Waals surface area contributed by atoms with Crippen LogP contribution in [0, 0.1) is 0 Å². The van der Waals surface area contributed by atoms with Crippen LogP contribution in [0.4, 0.5) is 0 Å². The highest BCUT2D eigenvalue weighted by Crippen LogP contribution is 2.20. The molecule has 0 radical (unpaired) electrons. The summed E-state index contributed by atoms with van der Waals surface area (Å²) in [4.78, 5) is 21.0. The van der Waals surface area contributed by atoms with Crippen LogP contribution in [0.2, 0.25) is 5.02 Å². The van der Waals surface area contributed by atoms with Crippen molar-refractivity contribution in [2.45, 2.75) is 6.54 Å². The molecule has 0 unspecified atom stereocenters. The molecule has 3 aromatic rings. The Labute approximate surface area is 185 Å². The van der Waals surface area contributed by atoms with E-state index in [-0.39, 0.29) is 5.91 Å². The van der Waals surface area contributed by atoms with E-state index in [0.717, 1.165) is 30.0 Å². The van der Waals surface area contributed by atoms with Gasteiger partial charge in [0.15, 0.2) is 0 Å². The number of carbonyl (C=O) groups is 1. The van der Waals surface area contributed by atoms with Gasteiger partial charge in [0.2, 0.25) is 17.6 Å². The molecule has 160 valence electrons. The molecule has 1 aromatic heterocycles. The highest BCUT2D eigenvalue weighted by atomic mass is 35.5. The molecule has 2 aromatic carbocycles. The Hall–Kier alpha value is -3.16. The first-order chi connectivity index (χ1) is 15.1. The Balaban J connectivity index is 1.27. The summed E-state index contributed by atoms with van der Waals surface area (Å²) in [5.74, 6) is 1.91. The van der Waals surface area contributed by atoms with E-state index in [4.69, 9.17) is 20.9 Å². The molecule has 1 aliphatic heterocycles. The molecule has 0 atom stereocenters. The van der Waals surface area contributed by atoms with Gasteiger partial charge >= 0.3 is 0 Å². The van der Waals surface area contributed by atoms with Crippen LogP contribution in [0.1, 0.15) is 11.5 Å². The van der Waals surface area contributed by atoms with Crippen LogP contribution in [0.15, 0.2) is 59.1 Å². The van der Waals surface area contributed by atoms with Crippen molar-refractivity contribution in [1.82, 2.24) is 19.9 Å². The van der Waals surface area contributed by atoms with E-state index in [2.05, 4.69) is 15.0 Å². The quantitative estimate of drug-likeness (QED) is 0.546. The molecule has 0 spiro atoms. The fraction of sp³-hybridized carbons (Fsp3) is 0.261. The SMILES string of the molecule is COc1ccc(-c2noc(CN3CCN(C(=O)C=Cc4ccc(Cl)cc4)CC3)n2)cc1. The number of amides is 1. The van der Waals surface area contributed by atoms with Gasteiger partial charge in [-0.2, -0.15) is 4.98 Å². The maximum Gasteiger partial charge on any atom is 0.246 e. The van der Waals surface area contributed by atoms with Crippen LogP contribution in [-0.4, -0.2) is 59.1 Å². The number of piperazine rings is 1. The lowest BCUT2D eigenvalue weighted by atomic mass is 10.2. The van der Waals surface area contributed by atoms with Crippen LogP contribution in [0.3, 0.4) is 0 Å². The van der Waals surface area contributed by atoms with Crippen LogP contribution < -0.4 is 4.74 Å². The van der Waals surface area contributed by atoms with Crippen molar-refractivity contribution in [3.05, 3.63) is 71.1 Å². The first-order valence-electron chi connectivity index (χ1n) is 10.0. The summed E-state index contributed by atoms with van der Waals surface area (Å²) in [6.45, 7) is 3.37. The maximum atomic E-state index is 12.5. The molecule has 31 heavy (non-hydrogen) atoms. The first kappa shape index (κ1) is 21.1. The molecule has 0 N–H and O–H groups in total. The Bertz CT molecular complexity index is 1040. The molecule has 8 heteroatoms. The predicted octanol–water partition coefficient (Wildman–Crippen LogP) is 3.76. The van der Waals surface area contributed by atoms with Crippen LogP contribution in [0.25, 0.3) is 17.5 Å². The van der Waals surface area contributed by atoms with Crippen molar-refractivity contribution in [3.8, 4) is 17.1 Å². The van der Waals surface area contributed by atoms with Gasteiger partial charge in [-0.25, -0.2) is 0 Å². The second kappa shape index (κ2) is 9.76. The number of ether oxygens (including phenoxy) is 1. The third-order valence-corrected chi connectivity index (χ3v) is 5.40. The number of hydrogen-bond donors (Lipinski definition) is 0. The fourth-order valence-corrected chi connectivity index (χ4v) is 3.47. The molecule has 2 heterocycles. The normalized spacial score (nSPS) is 14.8. The largest absolute Gasteiger partial charge is 0.497 e. The van der Waals surface area contributed by atoms with Gasteiger partial charge in [0, 0.05) is 42.8 Å². The van der Waals surface area contributed by atoms with E-state index in [0.29, 0.717) is 36.4 Å². The number of aromatic nitrogens is 2. The Morgan fingerprint density at radius 2 is 1.81 bits per heavy atom. The van der Waals surface area contributed by atoms with Crippen LogP contribution >= 0.6 is 11.6 Å². The summed E-state index contributed by atoms with van der Waals surface area (Å²) in [7, 11) is 1.63. The second-order valence-electron chi connectivity index (χ2n) is 7.23. The van der Waals surface area contributed by atoms with Crippen molar-refractivity contribution >= 4 is 23.6 Å². The summed E-state index contributed by atoms with van der Waals surface area (Å²) in [5.41, 5.74) is 1.82. The smallest absolute Gasteiger partial charge is 0.246 e. The standard InChI is InChI=1S/C23H23ClN4O3/c1-30-20-9-5-18(6-10-20)23-25-21(31-26-23)16-27-12-14-28(15-13-27)22(29)11-4-17-2-7-19(24)8-3-17/h2-11H,12-16H2,1H3. The van der Waals surface area contributed by atoms with Gasteiger partial charge in [-0.15, -0.1) is 0 Å². The summed E-state index contributed by atoms with van der Waals surface area (Å²) < 4.78 is 10.6. The molecular formula is C23H23ClN4O3. The van der Waals surface area contributed by atoms with Gasteiger partial charge in [-0.1, -0.05) is 28.9 Å². The minimum Gasteiger partial charge on any atom is -0.497 e. The maximum absolute atomic E-state index is 12.5. The molecule has 0 saturated carbocycles. The van der Waals surface area contributed by atoms with Crippen molar-refractivity contribution in [2.75, 3.05) is 33.3 Å². The number of carbonyl (C=O) groups excluding carboxylic acids is 1. The van der Waals surface area contributed by atoms with Crippen molar-refractivity contribution in [2.24, 2.45) is 0 Å². The van der Waals surface area contributed by atoms with Crippen LogP contribution in [-0.2, 0) is 11.3 Å². The summed E-state index contributed by atoms with van der Waals surface area (Å²) in [6, 6.07) is 14.9. The van der Waals surface area contributed by atoms with E-state index in [1.165, 1.54) is 0 Å². The molecule has 1 saturated heterocycles. The average molecular weight is 439 g/mol. The zero-order valence-electron chi connectivity index (χ0n) is 17.2. The van der Waals surface area contributed by atoms with Gasteiger partial charge in [-0.3, -0.25) is 9.69 Å². The van der Waals surface area contributed by atoms with E-state index in [9.17, 15) is 4.79 Å². The highest BCUT2D eigenvalue weighted by Gasteiger charge is 2.21. The number of benzene rings is 2.